The smallest absolute Gasteiger partial charge is 0.306 e. The summed E-state index contributed by atoms with van der Waals surface area (Å²) in [6, 6.07) is 3.58. The number of hydrogen-bond donors (Lipinski definition) is 1. The predicted molar refractivity (Wildman–Crippen MR) is 55.1 cm³/mol. The van der Waals surface area contributed by atoms with Crippen LogP contribution < -0.4 is 0 Å². The van der Waals surface area contributed by atoms with Crippen molar-refractivity contribution in [1.82, 2.24) is 0 Å². The molecule has 1 aliphatic rings. The lowest BCUT2D eigenvalue weighted by Crippen LogP contribution is -2.14. The Bertz CT molecular complexity index is 365. The zero-order valence-electron chi connectivity index (χ0n) is 7.68. The van der Waals surface area contributed by atoms with E-state index in [4.69, 9.17) is 26.2 Å². The molecule has 0 aliphatic carbocycles. The first-order valence-electron chi connectivity index (χ1n) is 4.39. The van der Waals surface area contributed by atoms with E-state index in [0.717, 1.165) is 4.88 Å². The SMILES string of the molecule is O=C(O)CC1COC(c2ccc(Cl)s2)O1. The van der Waals surface area contributed by atoms with Crippen LogP contribution >= 0.6 is 22.9 Å². The molecular weight excluding hydrogens is 240 g/mol. The Morgan fingerprint density at radius 2 is 2.47 bits per heavy atom. The minimum Gasteiger partial charge on any atom is -0.481 e. The summed E-state index contributed by atoms with van der Waals surface area (Å²) in [5.74, 6) is -0.881. The number of halogens is 1. The number of aliphatic carboxylic acids is 1. The molecule has 1 saturated heterocycles. The van der Waals surface area contributed by atoms with Gasteiger partial charge < -0.3 is 14.6 Å². The van der Waals surface area contributed by atoms with Gasteiger partial charge in [0, 0.05) is 0 Å². The molecule has 15 heavy (non-hydrogen) atoms. The third kappa shape index (κ3) is 2.69. The minimum atomic E-state index is -0.881. The molecule has 0 saturated carbocycles. The van der Waals surface area contributed by atoms with Crippen LogP contribution in [0, 0.1) is 0 Å². The molecule has 6 heteroatoms. The number of rotatable bonds is 3. The highest BCUT2D eigenvalue weighted by Gasteiger charge is 2.29. The van der Waals surface area contributed by atoms with Crippen LogP contribution in [0.1, 0.15) is 17.6 Å². The number of carbonyl (C=O) groups is 1. The molecule has 82 valence electrons. The second kappa shape index (κ2) is 4.49. The van der Waals surface area contributed by atoms with Crippen LogP contribution in [0.5, 0.6) is 0 Å². The van der Waals surface area contributed by atoms with Gasteiger partial charge in [0.1, 0.15) is 0 Å². The second-order valence-electron chi connectivity index (χ2n) is 3.16. The molecule has 0 amide bonds. The van der Waals surface area contributed by atoms with Crippen molar-refractivity contribution in [2.75, 3.05) is 6.61 Å². The maximum absolute atomic E-state index is 10.4. The lowest BCUT2D eigenvalue weighted by atomic mass is 10.3. The molecule has 2 atom stereocenters. The normalized spacial score (nSPS) is 25.7. The number of carboxylic acid groups (broad SMARTS) is 1. The zero-order chi connectivity index (χ0) is 10.8. The molecule has 0 aromatic carbocycles. The number of ether oxygens (including phenoxy) is 2. The molecule has 2 rings (SSSR count). The largest absolute Gasteiger partial charge is 0.481 e. The van der Waals surface area contributed by atoms with Crippen molar-refractivity contribution >= 4 is 28.9 Å². The van der Waals surface area contributed by atoms with Crippen molar-refractivity contribution < 1.29 is 19.4 Å². The molecule has 0 bridgehead atoms. The minimum absolute atomic E-state index is 0.0321. The lowest BCUT2D eigenvalue weighted by Gasteiger charge is -2.07. The van der Waals surface area contributed by atoms with E-state index >= 15 is 0 Å². The fourth-order valence-corrected chi connectivity index (χ4v) is 2.40. The van der Waals surface area contributed by atoms with Gasteiger partial charge in [-0.3, -0.25) is 4.79 Å². The highest BCUT2D eigenvalue weighted by Crippen LogP contribution is 2.34. The predicted octanol–water partition coefficient (Wildman–Crippen LogP) is 2.29. The third-order valence-electron chi connectivity index (χ3n) is 1.98. The van der Waals surface area contributed by atoms with E-state index in [1.807, 2.05) is 6.07 Å². The summed E-state index contributed by atoms with van der Waals surface area (Å²) < 4.78 is 11.4. The summed E-state index contributed by atoms with van der Waals surface area (Å²) in [5, 5.41) is 8.58. The van der Waals surface area contributed by atoms with Gasteiger partial charge >= 0.3 is 5.97 Å². The first-order chi connectivity index (χ1) is 7.15. The van der Waals surface area contributed by atoms with Gasteiger partial charge in [0.2, 0.25) is 0 Å². The summed E-state index contributed by atoms with van der Waals surface area (Å²) in [5.41, 5.74) is 0. The van der Waals surface area contributed by atoms with E-state index in [1.54, 1.807) is 6.07 Å². The average molecular weight is 249 g/mol. The van der Waals surface area contributed by atoms with Crippen molar-refractivity contribution in [3.8, 4) is 0 Å². The van der Waals surface area contributed by atoms with Gasteiger partial charge in [-0.25, -0.2) is 0 Å². The first kappa shape index (κ1) is 10.9. The fraction of sp³-hybridized carbons (Fsp3) is 0.444. The van der Waals surface area contributed by atoms with Gasteiger partial charge in [-0.15, -0.1) is 11.3 Å². The molecule has 1 fully saturated rings. The van der Waals surface area contributed by atoms with Crippen molar-refractivity contribution in [2.45, 2.75) is 18.8 Å². The summed E-state index contributed by atoms with van der Waals surface area (Å²) in [6.45, 7) is 0.312. The van der Waals surface area contributed by atoms with Crippen LogP contribution in [-0.2, 0) is 14.3 Å². The topological polar surface area (TPSA) is 55.8 Å². The van der Waals surface area contributed by atoms with Gasteiger partial charge in [0.05, 0.1) is 28.3 Å². The van der Waals surface area contributed by atoms with E-state index in [0.29, 0.717) is 10.9 Å². The summed E-state index contributed by atoms with van der Waals surface area (Å²) in [6.07, 6.45) is -0.865. The first-order valence-corrected chi connectivity index (χ1v) is 5.58. The molecule has 0 radical (unpaired) electrons. The number of thiophene rings is 1. The maximum Gasteiger partial charge on any atom is 0.306 e. The Kier molecular flexibility index (Phi) is 3.25. The zero-order valence-corrected chi connectivity index (χ0v) is 9.25. The second-order valence-corrected chi connectivity index (χ2v) is 4.91. The average Bonchev–Trinajstić information content (AvgIpc) is 2.72. The third-order valence-corrected chi connectivity index (χ3v) is 3.23. The van der Waals surface area contributed by atoms with E-state index in [9.17, 15) is 4.79 Å². The van der Waals surface area contributed by atoms with Crippen molar-refractivity contribution in [3.05, 3.63) is 21.3 Å². The number of hydrogen-bond acceptors (Lipinski definition) is 4. The highest BCUT2D eigenvalue weighted by molar-refractivity contribution is 7.16. The quantitative estimate of drug-likeness (QED) is 0.892. The van der Waals surface area contributed by atoms with Crippen LogP contribution in [0.15, 0.2) is 12.1 Å². The summed E-state index contributed by atoms with van der Waals surface area (Å²) in [4.78, 5) is 11.3. The Hall–Kier alpha value is -0.620. The van der Waals surface area contributed by atoms with E-state index in [-0.39, 0.29) is 12.5 Å². The fourth-order valence-electron chi connectivity index (χ4n) is 1.35. The maximum atomic E-state index is 10.4. The Morgan fingerprint density at radius 1 is 1.67 bits per heavy atom. The van der Waals surface area contributed by atoms with Gasteiger partial charge in [-0.05, 0) is 12.1 Å². The lowest BCUT2D eigenvalue weighted by molar-refractivity contribution is -0.140. The standard InChI is InChI=1S/C9H9ClO4S/c10-7-2-1-6(15-7)9-13-4-5(14-9)3-8(11)12/h1-2,5,9H,3-4H2,(H,11,12). The van der Waals surface area contributed by atoms with Gasteiger partial charge in [-0.2, -0.15) is 0 Å². The molecule has 1 aromatic heterocycles. The van der Waals surface area contributed by atoms with Crippen molar-refractivity contribution in [3.63, 3.8) is 0 Å². The Morgan fingerprint density at radius 3 is 3.07 bits per heavy atom. The molecule has 1 aromatic rings. The van der Waals surface area contributed by atoms with Crippen LogP contribution in [0.2, 0.25) is 4.34 Å². The van der Waals surface area contributed by atoms with Crippen LogP contribution in [0.3, 0.4) is 0 Å². The highest BCUT2D eigenvalue weighted by atomic mass is 35.5. The van der Waals surface area contributed by atoms with Crippen LogP contribution in [-0.4, -0.2) is 23.8 Å². The molecule has 2 unspecified atom stereocenters. The van der Waals surface area contributed by atoms with Crippen molar-refractivity contribution in [2.24, 2.45) is 0 Å². The van der Waals surface area contributed by atoms with Gasteiger partial charge in [0.25, 0.3) is 0 Å². The molecule has 0 spiro atoms. The summed E-state index contributed by atoms with van der Waals surface area (Å²) >= 11 is 7.15. The summed E-state index contributed by atoms with van der Waals surface area (Å²) in [7, 11) is 0. The molecule has 4 nitrogen and oxygen atoms in total. The van der Waals surface area contributed by atoms with Crippen LogP contribution in [0.4, 0.5) is 0 Å². The van der Waals surface area contributed by atoms with Crippen molar-refractivity contribution in [1.29, 1.82) is 0 Å². The van der Waals surface area contributed by atoms with Gasteiger partial charge in [-0.1, -0.05) is 11.6 Å². The Labute approximate surface area is 95.4 Å². The molecule has 1 N–H and O–H groups in total. The molecular formula is C9H9ClO4S. The van der Waals surface area contributed by atoms with Crippen LogP contribution in [0.25, 0.3) is 0 Å². The van der Waals surface area contributed by atoms with E-state index in [1.165, 1.54) is 11.3 Å². The van der Waals surface area contributed by atoms with E-state index < -0.39 is 12.3 Å². The molecule has 1 aliphatic heterocycles. The number of carboxylic acids is 1. The van der Waals surface area contributed by atoms with E-state index in [2.05, 4.69) is 0 Å². The Balaban J connectivity index is 1.95. The van der Waals surface area contributed by atoms with Gasteiger partial charge in [0.15, 0.2) is 6.29 Å². The monoisotopic (exact) mass is 248 g/mol. The molecule has 2 heterocycles.